The zero-order valence-electron chi connectivity index (χ0n) is 12.4. The number of hydrogen-bond donors (Lipinski definition) is 1. The Balaban J connectivity index is 1.91. The molecule has 3 rings (SSSR count). The number of aliphatic hydroxyl groups excluding tert-OH is 1. The lowest BCUT2D eigenvalue weighted by Crippen LogP contribution is -2.27. The van der Waals surface area contributed by atoms with Gasteiger partial charge in [-0.3, -0.25) is 0 Å². The van der Waals surface area contributed by atoms with Crippen molar-refractivity contribution in [2.75, 3.05) is 0 Å². The van der Waals surface area contributed by atoms with Gasteiger partial charge in [0.2, 0.25) is 0 Å². The molecule has 1 fully saturated rings. The van der Waals surface area contributed by atoms with E-state index in [9.17, 15) is 5.11 Å². The van der Waals surface area contributed by atoms with Crippen molar-refractivity contribution in [2.45, 2.75) is 77.4 Å². The zero-order valence-corrected chi connectivity index (χ0v) is 12.4. The van der Waals surface area contributed by atoms with Crippen LogP contribution in [-0.2, 0) is 6.42 Å². The van der Waals surface area contributed by atoms with Crippen LogP contribution in [0.5, 0.6) is 0 Å². The number of nitrogens with zero attached hydrogens (tertiary/aromatic N) is 1. The molecule has 1 saturated carbocycles. The molecule has 106 valence electrons. The van der Waals surface area contributed by atoms with Crippen molar-refractivity contribution in [3.8, 4) is 0 Å². The normalized spacial score (nSPS) is 27.8. The van der Waals surface area contributed by atoms with Crippen LogP contribution in [-0.4, -0.2) is 9.67 Å². The lowest BCUT2D eigenvalue weighted by Gasteiger charge is -2.35. The van der Waals surface area contributed by atoms with Crippen molar-refractivity contribution in [3.05, 3.63) is 23.5 Å². The van der Waals surface area contributed by atoms with Gasteiger partial charge in [-0.25, -0.2) is 0 Å². The van der Waals surface area contributed by atoms with E-state index in [1.807, 2.05) is 0 Å². The predicted octanol–water partition coefficient (Wildman–Crippen LogP) is 4.39. The van der Waals surface area contributed by atoms with E-state index in [0.717, 1.165) is 12.8 Å². The molecule has 0 aliphatic heterocycles. The highest BCUT2D eigenvalue weighted by Crippen LogP contribution is 2.43. The number of hydrogen-bond acceptors (Lipinski definition) is 1. The van der Waals surface area contributed by atoms with Crippen LogP contribution < -0.4 is 0 Å². The highest BCUT2D eigenvalue weighted by atomic mass is 16.3. The molecule has 0 amide bonds. The fourth-order valence-corrected chi connectivity index (χ4v) is 4.03. The molecule has 2 aliphatic carbocycles. The maximum absolute atomic E-state index is 10.4. The number of rotatable bonds is 1. The largest absolute Gasteiger partial charge is 0.388 e. The molecule has 1 aromatic rings. The van der Waals surface area contributed by atoms with Crippen molar-refractivity contribution in [3.63, 3.8) is 0 Å². The van der Waals surface area contributed by atoms with Crippen LogP contribution in [0.15, 0.2) is 12.3 Å². The van der Waals surface area contributed by atoms with E-state index in [4.69, 9.17) is 0 Å². The van der Waals surface area contributed by atoms with E-state index in [1.165, 1.54) is 49.8 Å². The van der Waals surface area contributed by atoms with Gasteiger partial charge in [0, 0.05) is 23.5 Å². The van der Waals surface area contributed by atoms with Crippen molar-refractivity contribution < 1.29 is 5.11 Å². The van der Waals surface area contributed by atoms with E-state index >= 15 is 0 Å². The molecule has 2 nitrogen and oxygen atoms in total. The predicted molar refractivity (Wildman–Crippen MR) is 78.2 cm³/mol. The van der Waals surface area contributed by atoms with Gasteiger partial charge in [0.05, 0.1) is 6.10 Å². The molecule has 0 saturated heterocycles. The third-order valence-corrected chi connectivity index (χ3v) is 5.03. The Morgan fingerprint density at radius 3 is 2.53 bits per heavy atom. The molecule has 0 radical (unpaired) electrons. The van der Waals surface area contributed by atoms with Crippen molar-refractivity contribution in [1.29, 1.82) is 0 Å². The summed E-state index contributed by atoms with van der Waals surface area (Å²) in [6.07, 6.45) is 12.2. The summed E-state index contributed by atoms with van der Waals surface area (Å²) in [7, 11) is 0. The summed E-state index contributed by atoms with van der Waals surface area (Å²) in [5.41, 5.74) is 2.84. The monoisotopic (exact) mass is 261 g/mol. The van der Waals surface area contributed by atoms with Gasteiger partial charge in [-0.15, -0.1) is 0 Å². The summed E-state index contributed by atoms with van der Waals surface area (Å²) < 4.78 is 2.50. The van der Waals surface area contributed by atoms with Gasteiger partial charge in [0.25, 0.3) is 0 Å². The standard InChI is InChI=1S/C17H27NO/c1-17(2)11-15-14(16(19)12-17)9-10-18(15)13-7-5-3-4-6-8-13/h9-10,13,16,19H,3-8,11-12H2,1-2H3. The van der Waals surface area contributed by atoms with E-state index in [1.54, 1.807) is 0 Å². The van der Waals surface area contributed by atoms with Gasteiger partial charge in [-0.05, 0) is 37.2 Å². The van der Waals surface area contributed by atoms with E-state index in [0.29, 0.717) is 6.04 Å². The van der Waals surface area contributed by atoms with E-state index in [2.05, 4.69) is 30.7 Å². The molecule has 1 atom stereocenters. The first-order chi connectivity index (χ1) is 9.07. The average molecular weight is 261 g/mol. The molecule has 2 heteroatoms. The minimum Gasteiger partial charge on any atom is -0.388 e. The summed E-state index contributed by atoms with van der Waals surface area (Å²) in [6.45, 7) is 4.56. The second kappa shape index (κ2) is 4.97. The second-order valence-electron chi connectivity index (χ2n) is 7.33. The fourth-order valence-electron chi connectivity index (χ4n) is 4.03. The van der Waals surface area contributed by atoms with Crippen molar-refractivity contribution in [2.24, 2.45) is 5.41 Å². The van der Waals surface area contributed by atoms with Crippen LogP contribution in [0.4, 0.5) is 0 Å². The summed E-state index contributed by atoms with van der Waals surface area (Å²) in [5, 5.41) is 10.4. The van der Waals surface area contributed by atoms with Gasteiger partial charge in [0.1, 0.15) is 0 Å². The zero-order chi connectivity index (χ0) is 13.5. The molecule has 0 bridgehead atoms. The summed E-state index contributed by atoms with van der Waals surface area (Å²) in [5.74, 6) is 0. The third kappa shape index (κ3) is 2.60. The Labute approximate surface area is 116 Å². The SMILES string of the molecule is CC1(C)Cc2c(ccn2C2CCCCCC2)C(O)C1. The Bertz CT molecular complexity index is 438. The average Bonchev–Trinajstić information content (AvgIpc) is 2.58. The first kappa shape index (κ1) is 13.2. The minimum absolute atomic E-state index is 0.229. The lowest BCUT2D eigenvalue weighted by molar-refractivity contribution is 0.0972. The molecular formula is C17H27NO. The highest BCUT2D eigenvalue weighted by molar-refractivity contribution is 5.29. The topological polar surface area (TPSA) is 25.2 Å². The first-order valence-corrected chi connectivity index (χ1v) is 7.94. The Morgan fingerprint density at radius 1 is 1.16 bits per heavy atom. The third-order valence-electron chi connectivity index (χ3n) is 5.03. The lowest BCUT2D eigenvalue weighted by atomic mass is 9.75. The van der Waals surface area contributed by atoms with Crippen molar-refractivity contribution in [1.82, 2.24) is 4.57 Å². The maximum atomic E-state index is 10.4. The van der Waals surface area contributed by atoms with Gasteiger partial charge in [0.15, 0.2) is 0 Å². The molecule has 2 aliphatic rings. The highest BCUT2D eigenvalue weighted by Gasteiger charge is 2.34. The van der Waals surface area contributed by atoms with Gasteiger partial charge >= 0.3 is 0 Å². The molecular weight excluding hydrogens is 234 g/mol. The summed E-state index contributed by atoms with van der Waals surface area (Å²) in [4.78, 5) is 0. The molecule has 0 aromatic carbocycles. The number of aromatic nitrogens is 1. The minimum atomic E-state index is -0.259. The molecule has 1 unspecified atom stereocenters. The first-order valence-electron chi connectivity index (χ1n) is 7.94. The van der Waals surface area contributed by atoms with Crippen LogP contribution >= 0.6 is 0 Å². The number of fused-ring (bicyclic) bond motifs is 1. The Kier molecular flexibility index (Phi) is 3.46. The molecule has 0 spiro atoms. The van der Waals surface area contributed by atoms with Gasteiger partial charge < -0.3 is 9.67 Å². The molecule has 1 N–H and O–H groups in total. The quantitative estimate of drug-likeness (QED) is 0.745. The Hall–Kier alpha value is -0.760. The van der Waals surface area contributed by atoms with Crippen molar-refractivity contribution >= 4 is 0 Å². The van der Waals surface area contributed by atoms with Crippen LogP contribution in [0.3, 0.4) is 0 Å². The molecule has 1 aromatic heterocycles. The van der Waals surface area contributed by atoms with Gasteiger partial charge in [-0.2, -0.15) is 0 Å². The van der Waals surface area contributed by atoms with Crippen LogP contribution in [0.2, 0.25) is 0 Å². The second-order valence-corrected chi connectivity index (χ2v) is 7.33. The smallest absolute Gasteiger partial charge is 0.0812 e. The van der Waals surface area contributed by atoms with Crippen LogP contribution in [0, 0.1) is 5.41 Å². The fraction of sp³-hybridized carbons (Fsp3) is 0.765. The van der Waals surface area contributed by atoms with Gasteiger partial charge in [-0.1, -0.05) is 39.5 Å². The molecule has 19 heavy (non-hydrogen) atoms. The maximum Gasteiger partial charge on any atom is 0.0812 e. The van der Waals surface area contributed by atoms with E-state index in [-0.39, 0.29) is 11.5 Å². The summed E-state index contributed by atoms with van der Waals surface area (Å²) in [6, 6.07) is 2.84. The molecule has 1 heterocycles. The Morgan fingerprint density at radius 2 is 1.84 bits per heavy atom. The number of aliphatic hydroxyl groups is 1. The summed E-state index contributed by atoms with van der Waals surface area (Å²) >= 11 is 0. The van der Waals surface area contributed by atoms with E-state index < -0.39 is 0 Å². The van der Waals surface area contributed by atoms with Crippen LogP contribution in [0.25, 0.3) is 0 Å². The van der Waals surface area contributed by atoms with Crippen LogP contribution in [0.1, 0.15) is 82.2 Å².